The molecule has 0 N–H and O–H groups in total. The van der Waals surface area contributed by atoms with Crippen LogP contribution in [0.4, 0.5) is 0 Å². The largest absolute Gasteiger partial charge is 0.345 e. The van der Waals surface area contributed by atoms with E-state index in [1.165, 1.54) is 12.1 Å². The van der Waals surface area contributed by atoms with Gasteiger partial charge in [-0.05, 0) is 39.8 Å². The van der Waals surface area contributed by atoms with Gasteiger partial charge in [0.2, 0.25) is 0 Å². The van der Waals surface area contributed by atoms with Gasteiger partial charge in [-0.15, -0.1) is 0 Å². The summed E-state index contributed by atoms with van der Waals surface area (Å²) >= 11 is 0. The van der Waals surface area contributed by atoms with Crippen molar-refractivity contribution < 1.29 is 22.1 Å². The third-order valence-electron chi connectivity index (χ3n) is 3.13. The zero-order valence-corrected chi connectivity index (χ0v) is 12.9. The Morgan fingerprint density at radius 1 is 1.20 bits per heavy atom. The third kappa shape index (κ3) is 3.58. The molecule has 1 aromatic carbocycles. The number of hydrogen-bond acceptors (Lipinski definition) is 5. The summed E-state index contributed by atoms with van der Waals surface area (Å²) in [5.74, 6) is -0.707. The fraction of sp³-hybridized carbons (Fsp3) is 0.571. The summed E-state index contributed by atoms with van der Waals surface area (Å²) in [6.07, 6.45) is -0.608. The average Bonchev–Trinajstić information content (AvgIpc) is 2.60. The fourth-order valence-electron chi connectivity index (χ4n) is 2.11. The second kappa shape index (κ2) is 5.44. The second-order valence-corrected chi connectivity index (χ2v) is 7.05. The van der Waals surface area contributed by atoms with E-state index in [0.29, 0.717) is 0 Å². The summed E-state index contributed by atoms with van der Waals surface area (Å²) < 4.78 is 40.3. The summed E-state index contributed by atoms with van der Waals surface area (Å²) in [5, 5.41) is 0. The molecule has 0 unspecified atom stereocenters. The van der Waals surface area contributed by atoms with Crippen LogP contribution in [0.1, 0.15) is 26.3 Å². The molecule has 0 bridgehead atoms. The molecule has 20 heavy (non-hydrogen) atoms. The molecule has 2 atom stereocenters. The van der Waals surface area contributed by atoms with Crippen LogP contribution in [0.3, 0.4) is 0 Å². The lowest BCUT2D eigenvalue weighted by Crippen LogP contribution is -2.27. The molecule has 0 amide bonds. The van der Waals surface area contributed by atoms with Crippen molar-refractivity contribution in [1.82, 2.24) is 0 Å². The van der Waals surface area contributed by atoms with Crippen LogP contribution in [0.2, 0.25) is 0 Å². The Balaban J connectivity index is 2.01. The SMILES string of the molecule is Cc1ccc(S(=O)(=O)OC[C@H]2OC(C)(C)O[C@@H]2C)cc1. The van der Waals surface area contributed by atoms with E-state index in [1.54, 1.807) is 26.0 Å². The Bertz CT molecular complexity index is 562. The molecule has 0 aliphatic carbocycles. The standard InChI is InChI=1S/C14H20O5S/c1-10-5-7-12(8-6-10)20(15,16)17-9-13-11(2)18-14(3,4)19-13/h5-8,11,13H,9H2,1-4H3/t11-,13-/m1/s1. The Morgan fingerprint density at radius 3 is 2.30 bits per heavy atom. The van der Waals surface area contributed by atoms with Crippen molar-refractivity contribution in [3.05, 3.63) is 29.8 Å². The highest BCUT2D eigenvalue weighted by molar-refractivity contribution is 7.86. The van der Waals surface area contributed by atoms with Crippen LogP contribution in [0, 0.1) is 6.92 Å². The maximum Gasteiger partial charge on any atom is 0.297 e. The summed E-state index contributed by atoms with van der Waals surface area (Å²) in [4.78, 5) is 0.147. The molecular formula is C14H20O5S. The summed E-state index contributed by atoms with van der Waals surface area (Å²) in [7, 11) is -3.76. The van der Waals surface area contributed by atoms with Crippen molar-refractivity contribution in [3.8, 4) is 0 Å². The van der Waals surface area contributed by atoms with Crippen molar-refractivity contribution in [2.75, 3.05) is 6.61 Å². The minimum Gasteiger partial charge on any atom is -0.345 e. The van der Waals surface area contributed by atoms with Gasteiger partial charge in [-0.3, -0.25) is 4.18 Å². The number of rotatable bonds is 4. The van der Waals surface area contributed by atoms with Crippen LogP contribution in [-0.2, 0) is 23.8 Å². The topological polar surface area (TPSA) is 61.8 Å². The molecule has 1 aliphatic heterocycles. The van der Waals surface area contributed by atoms with Crippen LogP contribution in [0.15, 0.2) is 29.2 Å². The van der Waals surface area contributed by atoms with E-state index in [0.717, 1.165) is 5.56 Å². The molecule has 5 nitrogen and oxygen atoms in total. The Hall–Kier alpha value is -0.950. The maximum absolute atomic E-state index is 12.0. The lowest BCUT2D eigenvalue weighted by Gasteiger charge is -2.16. The molecule has 1 fully saturated rings. The van der Waals surface area contributed by atoms with Crippen LogP contribution in [-0.4, -0.2) is 33.0 Å². The van der Waals surface area contributed by atoms with Gasteiger partial charge in [0.1, 0.15) is 6.10 Å². The first-order valence-corrected chi connectivity index (χ1v) is 7.92. The molecule has 1 aliphatic rings. The van der Waals surface area contributed by atoms with Crippen molar-refractivity contribution in [2.45, 2.75) is 50.6 Å². The third-order valence-corrected chi connectivity index (χ3v) is 4.42. The molecule has 1 saturated heterocycles. The van der Waals surface area contributed by atoms with Gasteiger partial charge in [-0.25, -0.2) is 0 Å². The van der Waals surface area contributed by atoms with Gasteiger partial charge in [0.15, 0.2) is 5.79 Å². The van der Waals surface area contributed by atoms with Crippen molar-refractivity contribution in [2.24, 2.45) is 0 Å². The van der Waals surface area contributed by atoms with Gasteiger partial charge in [0, 0.05) is 0 Å². The second-order valence-electron chi connectivity index (χ2n) is 5.43. The van der Waals surface area contributed by atoms with Crippen molar-refractivity contribution in [1.29, 1.82) is 0 Å². The van der Waals surface area contributed by atoms with E-state index >= 15 is 0 Å². The molecule has 1 heterocycles. The Kier molecular flexibility index (Phi) is 4.20. The number of ether oxygens (including phenoxy) is 2. The first-order valence-electron chi connectivity index (χ1n) is 6.51. The lowest BCUT2D eigenvalue weighted by molar-refractivity contribution is -0.147. The van der Waals surface area contributed by atoms with Gasteiger partial charge in [-0.1, -0.05) is 17.7 Å². The summed E-state index contributed by atoms with van der Waals surface area (Å²) in [5.41, 5.74) is 0.992. The highest BCUT2D eigenvalue weighted by atomic mass is 32.2. The van der Waals surface area contributed by atoms with Gasteiger partial charge < -0.3 is 9.47 Å². The van der Waals surface area contributed by atoms with E-state index in [2.05, 4.69) is 0 Å². The molecule has 1 aromatic rings. The van der Waals surface area contributed by atoms with Gasteiger partial charge in [0.05, 0.1) is 17.6 Å². The van der Waals surface area contributed by atoms with Gasteiger partial charge in [0.25, 0.3) is 10.1 Å². The zero-order valence-electron chi connectivity index (χ0n) is 12.1. The normalized spacial score (nSPS) is 25.8. The monoisotopic (exact) mass is 300 g/mol. The van der Waals surface area contributed by atoms with E-state index in [-0.39, 0.29) is 17.6 Å². The molecule has 6 heteroatoms. The minimum atomic E-state index is -3.76. The van der Waals surface area contributed by atoms with E-state index < -0.39 is 22.0 Å². The minimum absolute atomic E-state index is 0.0548. The summed E-state index contributed by atoms with van der Waals surface area (Å²) in [6, 6.07) is 6.53. The molecule has 112 valence electrons. The lowest BCUT2D eigenvalue weighted by atomic mass is 10.2. The van der Waals surface area contributed by atoms with Gasteiger partial charge in [-0.2, -0.15) is 8.42 Å². The van der Waals surface area contributed by atoms with E-state index in [4.69, 9.17) is 13.7 Å². The van der Waals surface area contributed by atoms with Crippen molar-refractivity contribution in [3.63, 3.8) is 0 Å². The number of benzene rings is 1. The van der Waals surface area contributed by atoms with Crippen LogP contribution < -0.4 is 0 Å². The van der Waals surface area contributed by atoms with Crippen LogP contribution in [0.25, 0.3) is 0 Å². The molecule has 0 saturated carbocycles. The fourth-order valence-corrected chi connectivity index (χ4v) is 3.03. The highest BCUT2D eigenvalue weighted by Crippen LogP contribution is 2.28. The quantitative estimate of drug-likeness (QED) is 0.798. The summed E-state index contributed by atoms with van der Waals surface area (Å²) in [6.45, 7) is 7.25. The first kappa shape index (κ1) is 15.4. The first-order chi connectivity index (χ1) is 9.20. The molecule has 2 rings (SSSR count). The van der Waals surface area contributed by atoms with Crippen LogP contribution in [0.5, 0.6) is 0 Å². The molecule has 0 radical (unpaired) electrons. The predicted octanol–water partition coefficient (Wildman–Crippen LogP) is 2.24. The van der Waals surface area contributed by atoms with Gasteiger partial charge >= 0.3 is 0 Å². The number of hydrogen-bond donors (Lipinski definition) is 0. The molecular weight excluding hydrogens is 280 g/mol. The predicted molar refractivity (Wildman–Crippen MR) is 73.8 cm³/mol. The van der Waals surface area contributed by atoms with E-state index in [9.17, 15) is 8.42 Å². The van der Waals surface area contributed by atoms with Crippen LogP contribution >= 0.6 is 0 Å². The number of aryl methyl sites for hydroxylation is 1. The zero-order chi connectivity index (χ0) is 15.0. The Labute approximate surface area is 120 Å². The maximum atomic E-state index is 12.0. The Morgan fingerprint density at radius 2 is 1.80 bits per heavy atom. The highest BCUT2D eigenvalue weighted by Gasteiger charge is 2.39. The smallest absolute Gasteiger partial charge is 0.297 e. The van der Waals surface area contributed by atoms with E-state index in [1.807, 2.05) is 13.8 Å². The molecule has 0 spiro atoms. The average molecular weight is 300 g/mol. The molecule has 0 aromatic heterocycles. The van der Waals surface area contributed by atoms with Crippen molar-refractivity contribution >= 4 is 10.1 Å².